The van der Waals surface area contributed by atoms with Crippen molar-refractivity contribution in [1.82, 2.24) is 0 Å². The van der Waals surface area contributed by atoms with Crippen molar-refractivity contribution in [3.63, 3.8) is 0 Å². The number of aryl methyl sites for hydroxylation is 1. The van der Waals surface area contributed by atoms with Crippen LogP contribution in [0.15, 0.2) is 53.0 Å². The molecule has 0 heterocycles. The second-order valence-electron chi connectivity index (χ2n) is 5.87. The van der Waals surface area contributed by atoms with E-state index in [9.17, 15) is 0 Å². The molecule has 0 aliphatic heterocycles. The summed E-state index contributed by atoms with van der Waals surface area (Å²) in [6.45, 7) is 4.52. The summed E-state index contributed by atoms with van der Waals surface area (Å²) < 4.78 is 1.20. The summed E-state index contributed by atoms with van der Waals surface area (Å²) in [6.07, 6.45) is 6.10. The highest BCUT2D eigenvalue weighted by Crippen LogP contribution is 2.42. The first-order valence-electron chi connectivity index (χ1n) is 7.80. The summed E-state index contributed by atoms with van der Waals surface area (Å²) in [4.78, 5) is 0. The fourth-order valence-corrected chi connectivity index (χ4v) is 3.70. The van der Waals surface area contributed by atoms with Gasteiger partial charge in [0.1, 0.15) is 0 Å². The van der Waals surface area contributed by atoms with Crippen LogP contribution in [0.4, 0.5) is 0 Å². The lowest BCUT2D eigenvalue weighted by molar-refractivity contribution is 0.795. The first-order valence-corrected chi connectivity index (χ1v) is 8.60. The van der Waals surface area contributed by atoms with E-state index in [2.05, 4.69) is 78.3 Å². The Bertz CT molecular complexity index is 665. The summed E-state index contributed by atoms with van der Waals surface area (Å²) in [5, 5.41) is 0. The van der Waals surface area contributed by atoms with Crippen molar-refractivity contribution >= 4 is 21.5 Å². The summed E-state index contributed by atoms with van der Waals surface area (Å²) in [7, 11) is 0. The van der Waals surface area contributed by atoms with Crippen molar-refractivity contribution in [1.29, 1.82) is 0 Å². The third-order valence-corrected chi connectivity index (χ3v) is 4.97. The van der Waals surface area contributed by atoms with Gasteiger partial charge in [-0.15, -0.1) is 0 Å². The van der Waals surface area contributed by atoms with E-state index in [0.29, 0.717) is 5.92 Å². The van der Waals surface area contributed by atoms with Crippen molar-refractivity contribution in [2.75, 3.05) is 0 Å². The van der Waals surface area contributed by atoms with E-state index < -0.39 is 0 Å². The van der Waals surface area contributed by atoms with Crippen molar-refractivity contribution in [3.05, 3.63) is 75.3 Å². The van der Waals surface area contributed by atoms with E-state index in [1.54, 1.807) is 0 Å². The Morgan fingerprint density at radius 3 is 2.52 bits per heavy atom. The molecule has 1 unspecified atom stereocenters. The zero-order valence-electron chi connectivity index (χ0n) is 12.7. The summed E-state index contributed by atoms with van der Waals surface area (Å²) in [6, 6.07) is 15.6. The van der Waals surface area contributed by atoms with Crippen LogP contribution < -0.4 is 0 Å². The molecule has 1 atom stereocenters. The van der Waals surface area contributed by atoms with Crippen LogP contribution in [-0.2, 0) is 6.42 Å². The fourth-order valence-electron chi connectivity index (χ4n) is 3.10. The highest BCUT2D eigenvalue weighted by Gasteiger charge is 2.23. The Morgan fingerprint density at radius 2 is 1.81 bits per heavy atom. The molecule has 3 rings (SSSR count). The molecule has 0 saturated carbocycles. The molecule has 0 nitrogen and oxygen atoms in total. The van der Waals surface area contributed by atoms with Crippen LogP contribution in [0.3, 0.4) is 0 Å². The molecule has 21 heavy (non-hydrogen) atoms. The van der Waals surface area contributed by atoms with Gasteiger partial charge in [-0.2, -0.15) is 0 Å². The van der Waals surface area contributed by atoms with Gasteiger partial charge in [0.2, 0.25) is 0 Å². The molecule has 0 amide bonds. The second-order valence-corrected chi connectivity index (χ2v) is 6.73. The van der Waals surface area contributed by atoms with Crippen LogP contribution in [0.5, 0.6) is 0 Å². The third kappa shape index (κ3) is 2.85. The Morgan fingerprint density at radius 1 is 1.05 bits per heavy atom. The first kappa shape index (κ1) is 14.6. The number of benzene rings is 2. The summed E-state index contributed by atoms with van der Waals surface area (Å²) in [5.74, 6) is 0.493. The van der Waals surface area contributed by atoms with Crippen molar-refractivity contribution < 1.29 is 0 Å². The molecule has 0 saturated heterocycles. The Labute approximate surface area is 136 Å². The van der Waals surface area contributed by atoms with Crippen LogP contribution in [0.1, 0.15) is 54.9 Å². The number of allylic oxidation sites excluding steroid dienone is 1. The average Bonchev–Trinajstić information content (AvgIpc) is 2.84. The van der Waals surface area contributed by atoms with Gasteiger partial charge >= 0.3 is 0 Å². The van der Waals surface area contributed by atoms with Crippen molar-refractivity contribution in [2.24, 2.45) is 0 Å². The van der Waals surface area contributed by atoms with Gasteiger partial charge in [-0.25, -0.2) is 0 Å². The minimum atomic E-state index is 0.493. The normalized spacial score (nSPS) is 16.7. The number of unbranched alkanes of at least 4 members (excludes halogenated alkanes) is 1. The van der Waals surface area contributed by atoms with Crippen molar-refractivity contribution in [3.8, 4) is 0 Å². The Hall–Kier alpha value is -1.34. The molecule has 108 valence electrons. The van der Waals surface area contributed by atoms with Gasteiger partial charge in [0, 0.05) is 10.4 Å². The largest absolute Gasteiger partial charge is 0.0687 e. The highest BCUT2D eigenvalue weighted by atomic mass is 79.9. The van der Waals surface area contributed by atoms with Gasteiger partial charge in [0.15, 0.2) is 0 Å². The van der Waals surface area contributed by atoms with E-state index in [4.69, 9.17) is 0 Å². The number of fused-ring (bicyclic) bond motifs is 1. The van der Waals surface area contributed by atoms with Gasteiger partial charge in [0.05, 0.1) is 0 Å². The monoisotopic (exact) mass is 340 g/mol. The molecule has 1 aliphatic carbocycles. The molecule has 2 aromatic rings. The molecule has 2 aromatic carbocycles. The predicted octanol–water partition coefficient (Wildman–Crippen LogP) is 6.34. The molecule has 0 N–H and O–H groups in total. The molecule has 1 heteroatoms. The van der Waals surface area contributed by atoms with Gasteiger partial charge in [-0.05, 0) is 46.7 Å². The smallest absolute Gasteiger partial charge is 0.0256 e. The van der Waals surface area contributed by atoms with Crippen LogP contribution in [-0.4, -0.2) is 0 Å². The fraction of sp³-hybridized carbons (Fsp3) is 0.300. The maximum Gasteiger partial charge on any atom is 0.0256 e. The van der Waals surface area contributed by atoms with Gasteiger partial charge in [-0.3, -0.25) is 0 Å². The van der Waals surface area contributed by atoms with Crippen LogP contribution in [0, 0.1) is 0 Å². The van der Waals surface area contributed by atoms with E-state index in [1.165, 1.54) is 51.6 Å². The standard InChI is InChI=1S/C20H21Br/c1-3-4-6-15-9-11-16(12-10-15)18-13-14(2)17-7-5-8-19(21)20(17)18/h5,7-14H,3-4,6H2,1-2H3. The lowest BCUT2D eigenvalue weighted by Crippen LogP contribution is -1.91. The summed E-state index contributed by atoms with van der Waals surface area (Å²) >= 11 is 3.72. The van der Waals surface area contributed by atoms with Gasteiger partial charge in [0.25, 0.3) is 0 Å². The van der Waals surface area contributed by atoms with Crippen LogP contribution in [0.25, 0.3) is 5.57 Å². The molecular weight excluding hydrogens is 320 g/mol. The zero-order valence-corrected chi connectivity index (χ0v) is 14.3. The molecule has 0 fully saturated rings. The third-order valence-electron chi connectivity index (χ3n) is 4.31. The highest BCUT2D eigenvalue weighted by molar-refractivity contribution is 9.10. The number of halogens is 1. The maximum absolute atomic E-state index is 3.72. The van der Waals surface area contributed by atoms with Crippen molar-refractivity contribution in [2.45, 2.75) is 39.0 Å². The average molecular weight is 341 g/mol. The number of hydrogen-bond acceptors (Lipinski definition) is 0. The molecule has 0 spiro atoms. The molecule has 0 radical (unpaired) electrons. The van der Waals surface area contributed by atoms with E-state index in [0.717, 1.165) is 0 Å². The van der Waals surface area contributed by atoms with E-state index in [1.807, 2.05) is 0 Å². The zero-order chi connectivity index (χ0) is 14.8. The number of hydrogen-bond donors (Lipinski definition) is 0. The minimum absolute atomic E-state index is 0.493. The number of rotatable bonds is 4. The molecule has 0 aromatic heterocycles. The maximum atomic E-state index is 3.72. The first-order chi connectivity index (χ1) is 10.2. The molecular formula is C20H21Br. The molecule has 0 bridgehead atoms. The minimum Gasteiger partial charge on any atom is -0.0687 e. The summed E-state index contributed by atoms with van der Waals surface area (Å²) in [5.41, 5.74) is 6.93. The quantitative estimate of drug-likeness (QED) is 0.609. The van der Waals surface area contributed by atoms with E-state index >= 15 is 0 Å². The van der Waals surface area contributed by atoms with Gasteiger partial charge in [-0.1, -0.05) is 78.7 Å². The second kappa shape index (κ2) is 6.19. The Balaban J connectivity index is 1.94. The van der Waals surface area contributed by atoms with Gasteiger partial charge < -0.3 is 0 Å². The lowest BCUT2D eigenvalue weighted by Gasteiger charge is -2.10. The SMILES string of the molecule is CCCCc1ccc(C2=CC(C)c3cccc(Br)c32)cc1. The van der Waals surface area contributed by atoms with Crippen LogP contribution >= 0.6 is 15.9 Å². The molecule has 1 aliphatic rings. The lowest BCUT2D eigenvalue weighted by atomic mass is 9.97. The van der Waals surface area contributed by atoms with Crippen LogP contribution in [0.2, 0.25) is 0 Å². The topological polar surface area (TPSA) is 0 Å². The van der Waals surface area contributed by atoms with E-state index in [-0.39, 0.29) is 0 Å². The predicted molar refractivity (Wildman–Crippen MR) is 94.7 cm³/mol. The Kier molecular flexibility index (Phi) is 4.30.